The van der Waals surface area contributed by atoms with Crippen molar-refractivity contribution in [3.8, 4) is 0 Å². The van der Waals surface area contributed by atoms with Crippen LogP contribution in [0.25, 0.3) is 0 Å². The Morgan fingerprint density at radius 2 is 1.69 bits per heavy atom. The van der Waals surface area contributed by atoms with Crippen LogP contribution in [-0.4, -0.2) is 23.8 Å². The molecular formula is C22H20BrN3O3. The molecular weight excluding hydrogens is 434 g/mol. The fourth-order valence-electron chi connectivity index (χ4n) is 5.11. The molecule has 3 aliphatic rings. The number of nitrogens with zero attached hydrogens (tertiary/aromatic N) is 1. The maximum absolute atomic E-state index is 13.6. The monoisotopic (exact) mass is 453 g/mol. The van der Waals surface area contributed by atoms with Crippen molar-refractivity contribution in [3.05, 3.63) is 58.6 Å². The summed E-state index contributed by atoms with van der Waals surface area (Å²) in [4.78, 5) is 41.6. The van der Waals surface area contributed by atoms with Gasteiger partial charge in [-0.25, -0.2) is 4.90 Å². The first-order valence-corrected chi connectivity index (χ1v) is 10.5. The second kappa shape index (κ2) is 6.24. The van der Waals surface area contributed by atoms with E-state index in [4.69, 9.17) is 0 Å². The highest BCUT2D eigenvalue weighted by atomic mass is 79.9. The van der Waals surface area contributed by atoms with Gasteiger partial charge in [-0.1, -0.05) is 48.0 Å². The second-order valence-electron chi connectivity index (χ2n) is 8.21. The highest BCUT2D eigenvalue weighted by molar-refractivity contribution is 9.10. The van der Waals surface area contributed by atoms with Crippen LogP contribution >= 0.6 is 15.9 Å². The molecule has 2 N–H and O–H groups in total. The minimum atomic E-state index is -1.23. The molecule has 3 aliphatic heterocycles. The van der Waals surface area contributed by atoms with Crippen LogP contribution in [-0.2, 0) is 19.9 Å². The number of benzene rings is 2. The number of fused-ring (bicyclic) bond motifs is 4. The topological polar surface area (TPSA) is 78.5 Å². The van der Waals surface area contributed by atoms with Gasteiger partial charge in [0.1, 0.15) is 5.54 Å². The van der Waals surface area contributed by atoms with Gasteiger partial charge < -0.3 is 5.32 Å². The Balaban J connectivity index is 1.68. The van der Waals surface area contributed by atoms with Gasteiger partial charge in [0.05, 0.1) is 17.5 Å². The zero-order chi connectivity index (χ0) is 20.5. The Hall–Kier alpha value is -2.51. The van der Waals surface area contributed by atoms with Gasteiger partial charge in [0.15, 0.2) is 0 Å². The number of halogens is 1. The molecule has 3 amide bonds. The summed E-state index contributed by atoms with van der Waals surface area (Å²) < 4.78 is 0.864. The van der Waals surface area contributed by atoms with Crippen LogP contribution in [0.2, 0.25) is 0 Å². The summed E-state index contributed by atoms with van der Waals surface area (Å²) in [5, 5.41) is 6.34. The fraction of sp³-hybridized carbons (Fsp3) is 0.318. The van der Waals surface area contributed by atoms with E-state index in [1.807, 2.05) is 38.1 Å². The van der Waals surface area contributed by atoms with Gasteiger partial charge in [-0.3, -0.25) is 19.7 Å². The number of hydrogen-bond donors (Lipinski definition) is 2. The first-order chi connectivity index (χ1) is 13.9. The average Bonchev–Trinajstić information content (AvgIpc) is 3.28. The maximum Gasteiger partial charge on any atom is 0.250 e. The number of imide groups is 1. The number of carbonyl (C=O) groups is 3. The van der Waals surface area contributed by atoms with Crippen LogP contribution in [0.1, 0.15) is 19.4 Å². The van der Waals surface area contributed by atoms with Crippen LogP contribution in [0.4, 0.5) is 11.4 Å². The van der Waals surface area contributed by atoms with Crippen molar-refractivity contribution in [3.63, 3.8) is 0 Å². The van der Waals surface area contributed by atoms with Crippen molar-refractivity contribution in [1.82, 2.24) is 5.32 Å². The number of anilines is 2. The van der Waals surface area contributed by atoms with E-state index in [9.17, 15) is 14.4 Å². The van der Waals surface area contributed by atoms with E-state index < -0.39 is 17.4 Å². The molecule has 148 valence electrons. The van der Waals surface area contributed by atoms with Gasteiger partial charge in [-0.15, -0.1) is 0 Å². The average molecular weight is 454 g/mol. The molecule has 2 aromatic carbocycles. The van der Waals surface area contributed by atoms with Crippen molar-refractivity contribution in [2.75, 3.05) is 10.2 Å². The number of nitrogens with one attached hydrogen (secondary N) is 2. The van der Waals surface area contributed by atoms with Crippen molar-refractivity contribution >= 4 is 45.0 Å². The highest BCUT2D eigenvalue weighted by Gasteiger charge is 2.70. The molecule has 0 bridgehead atoms. The molecule has 2 aromatic rings. The van der Waals surface area contributed by atoms with E-state index in [2.05, 4.69) is 26.6 Å². The van der Waals surface area contributed by atoms with Gasteiger partial charge in [-0.2, -0.15) is 0 Å². The Bertz CT molecular complexity index is 1050. The SMILES string of the molecule is CC(C)[C@@H]1N[C@@]2(C(=O)Nc3ccccc32)[C@@H]2C(=O)N(c3ccc(Br)cc3)C(=O)[C@@H]21. The molecule has 0 unspecified atom stereocenters. The van der Waals surface area contributed by atoms with Crippen molar-refractivity contribution in [1.29, 1.82) is 0 Å². The largest absolute Gasteiger partial charge is 0.324 e. The summed E-state index contributed by atoms with van der Waals surface area (Å²) in [6, 6.07) is 14.2. The molecule has 3 heterocycles. The summed E-state index contributed by atoms with van der Waals surface area (Å²) >= 11 is 3.38. The number of amides is 3. The lowest BCUT2D eigenvalue weighted by Crippen LogP contribution is -2.54. The van der Waals surface area contributed by atoms with Crippen LogP contribution in [0.3, 0.4) is 0 Å². The molecule has 5 rings (SSSR count). The predicted octanol–water partition coefficient (Wildman–Crippen LogP) is 3.03. The number of rotatable bonds is 2. The molecule has 0 aliphatic carbocycles. The minimum absolute atomic E-state index is 0.0732. The number of para-hydroxylation sites is 1. The van der Waals surface area contributed by atoms with Crippen LogP contribution < -0.4 is 15.5 Å². The third kappa shape index (κ3) is 2.34. The highest BCUT2D eigenvalue weighted by Crippen LogP contribution is 2.54. The quantitative estimate of drug-likeness (QED) is 0.684. The molecule has 2 fully saturated rings. The lowest BCUT2D eigenvalue weighted by Gasteiger charge is -2.30. The van der Waals surface area contributed by atoms with Gasteiger partial charge in [0.2, 0.25) is 17.7 Å². The van der Waals surface area contributed by atoms with Gasteiger partial charge in [0, 0.05) is 21.8 Å². The van der Waals surface area contributed by atoms with Crippen LogP contribution in [0.5, 0.6) is 0 Å². The van der Waals surface area contributed by atoms with Crippen molar-refractivity contribution < 1.29 is 14.4 Å². The van der Waals surface area contributed by atoms with E-state index in [0.717, 1.165) is 10.0 Å². The molecule has 0 radical (unpaired) electrons. The molecule has 1 spiro atoms. The third-order valence-corrected chi connectivity index (χ3v) is 6.89. The zero-order valence-electron chi connectivity index (χ0n) is 16.0. The minimum Gasteiger partial charge on any atom is -0.324 e. The van der Waals surface area contributed by atoms with E-state index >= 15 is 0 Å². The summed E-state index contributed by atoms with van der Waals surface area (Å²) in [5.74, 6) is -2.15. The Morgan fingerprint density at radius 1 is 1.00 bits per heavy atom. The summed E-state index contributed by atoms with van der Waals surface area (Å²) in [7, 11) is 0. The van der Waals surface area contributed by atoms with Crippen molar-refractivity contribution in [2.24, 2.45) is 17.8 Å². The first-order valence-electron chi connectivity index (χ1n) is 9.68. The summed E-state index contributed by atoms with van der Waals surface area (Å²) in [5.41, 5.74) is 0.729. The van der Waals surface area contributed by atoms with Gasteiger partial charge >= 0.3 is 0 Å². The van der Waals surface area contributed by atoms with Gasteiger partial charge in [-0.05, 0) is 36.2 Å². The molecule has 0 saturated carbocycles. The Kier molecular flexibility index (Phi) is 3.98. The molecule has 7 heteroatoms. The normalized spacial score (nSPS) is 30.3. The number of hydrogen-bond acceptors (Lipinski definition) is 4. The molecule has 0 aromatic heterocycles. The number of carbonyl (C=O) groups excluding carboxylic acids is 3. The molecule has 6 nitrogen and oxygen atoms in total. The molecule has 2 saturated heterocycles. The maximum atomic E-state index is 13.6. The van der Waals surface area contributed by atoms with Crippen LogP contribution in [0, 0.1) is 17.8 Å². The lowest BCUT2D eigenvalue weighted by atomic mass is 9.76. The Morgan fingerprint density at radius 3 is 2.38 bits per heavy atom. The smallest absolute Gasteiger partial charge is 0.250 e. The summed E-state index contributed by atoms with van der Waals surface area (Å²) in [6.45, 7) is 4.01. The summed E-state index contributed by atoms with van der Waals surface area (Å²) in [6.07, 6.45) is 0. The fourth-order valence-corrected chi connectivity index (χ4v) is 5.37. The van der Waals surface area contributed by atoms with E-state index in [1.165, 1.54) is 4.90 Å². The van der Waals surface area contributed by atoms with Gasteiger partial charge in [0.25, 0.3) is 0 Å². The molecule has 29 heavy (non-hydrogen) atoms. The first kappa shape index (κ1) is 18.5. The zero-order valence-corrected chi connectivity index (χ0v) is 17.6. The third-order valence-electron chi connectivity index (χ3n) is 6.36. The van der Waals surface area contributed by atoms with E-state index in [0.29, 0.717) is 11.4 Å². The standard InChI is InChI=1S/C22H20BrN3O3/c1-11(2)18-16-17(20(28)26(19(16)27)13-9-7-12(23)8-10-13)22(25-18)14-5-3-4-6-15(14)24-21(22)29/h3-11,16-18,25H,1-2H3,(H,24,29)/t16-,17-,18-,22+/m0/s1. The second-order valence-corrected chi connectivity index (χ2v) is 9.13. The van der Waals surface area contributed by atoms with Crippen molar-refractivity contribution in [2.45, 2.75) is 25.4 Å². The Labute approximate surface area is 176 Å². The van der Waals surface area contributed by atoms with E-state index in [-0.39, 0.29) is 29.7 Å². The predicted molar refractivity (Wildman–Crippen MR) is 112 cm³/mol. The van der Waals surface area contributed by atoms with E-state index in [1.54, 1.807) is 24.3 Å². The van der Waals surface area contributed by atoms with Crippen LogP contribution in [0.15, 0.2) is 53.0 Å². The lowest BCUT2D eigenvalue weighted by molar-refractivity contribution is -0.130. The molecule has 4 atom stereocenters.